The summed E-state index contributed by atoms with van der Waals surface area (Å²) in [7, 11) is -10.7. The molecule has 0 heterocycles. The van der Waals surface area contributed by atoms with Crippen LogP contribution in [0.3, 0.4) is 0 Å². The Hall–Kier alpha value is -0.771. The van der Waals surface area contributed by atoms with Gasteiger partial charge in [-0.1, -0.05) is 0 Å². The summed E-state index contributed by atoms with van der Waals surface area (Å²) >= 11 is 1.18. The van der Waals surface area contributed by atoms with Gasteiger partial charge in [0.25, 0.3) is 0 Å². The van der Waals surface area contributed by atoms with Crippen molar-refractivity contribution in [1.29, 1.82) is 0 Å². The molecular weight excluding hydrogens is 369 g/mol. The monoisotopic (exact) mass is 385 g/mol. The molecule has 1 aromatic carbocycles. The van der Waals surface area contributed by atoms with Gasteiger partial charge in [-0.15, -0.1) is 0 Å². The van der Waals surface area contributed by atoms with E-state index in [1.165, 1.54) is 20.5 Å². The molecule has 0 radical (unpaired) electrons. The van der Waals surface area contributed by atoms with Crippen LogP contribution in [0, 0.1) is 0 Å². The van der Waals surface area contributed by atoms with Crippen molar-refractivity contribution in [3.63, 3.8) is 0 Å². The second-order valence-corrected chi connectivity index (χ2v) is 9.42. The Morgan fingerprint density at radius 3 is 1.68 bits per heavy atom. The van der Waals surface area contributed by atoms with Gasteiger partial charge in [0.15, 0.2) is 0 Å². The zero-order valence-corrected chi connectivity index (χ0v) is 13.8. The van der Waals surface area contributed by atoms with Crippen molar-refractivity contribution in [3.05, 3.63) is 60.2 Å². The van der Waals surface area contributed by atoms with Crippen LogP contribution in [0.25, 0.3) is 0 Å². The van der Waals surface area contributed by atoms with Gasteiger partial charge in [0.2, 0.25) is 0 Å². The van der Waals surface area contributed by atoms with Gasteiger partial charge in [-0.2, -0.15) is 0 Å². The summed E-state index contributed by atoms with van der Waals surface area (Å²) in [5.74, 6) is 0. The van der Waals surface area contributed by atoms with E-state index in [1.807, 2.05) is 0 Å². The SMILES string of the molecule is C[C](C)([Fe+][CH]1C=CC=C1)c1ccccc1.F[P-](F)(F)(F)(F)F. The summed E-state index contributed by atoms with van der Waals surface area (Å²) in [6.07, 6.45) is 8.85. The van der Waals surface area contributed by atoms with Crippen molar-refractivity contribution in [2.75, 3.05) is 0 Å². The molecule has 1 aliphatic carbocycles. The summed E-state index contributed by atoms with van der Waals surface area (Å²) in [6, 6.07) is 10.8. The molecule has 0 nitrogen and oxygen atoms in total. The Morgan fingerprint density at radius 2 is 1.27 bits per heavy atom. The number of hydrogen-bond donors (Lipinski definition) is 0. The van der Waals surface area contributed by atoms with E-state index in [2.05, 4.69) is 68.5 Å². The van der Waals surface area contributed by atoms with Crippen molar-refractivity contribution in [3.8, 4) is 0 Å². The first kappa shape index (κ1) is 19.3. The average molecular weight is 385 g/mol. The number of allylic oxidation sites excluding steroid dienone is 4. The van der Waals surface area contributed by atoms with E-state index in [9.17, 15) is 25.2 Å². The standard InChI is InChI=1S/C9H11.C5H5.F6P.Fe/c1-8(2)9-6-4-3-5-7-9;1-2-4-5-3-1;1-7(2,3,4,5)6;/h3-7H,1-2H3;1-5H;;/q;;-1;+1. The molecule has 0 aromatic heterocycles. The molecule has 2 rings (SSSR count). The summed E-state index contributed by atoms with van der Waals surface area (Å²) < 4.78 is 59.4. The summed E-state index contributed by atoms with van der Waals surface area (Å²) in [5.41, 5.74) is 1.43. The minimum absolute atomic E-state index is 0.255. The molecular formula is C14H16F6FeP. The van der Waals surface area contributed by atoms with Crippen molar-refractivity contribution >= 4 is 7.81 Å². The van der Waals surface area contributed by atoms with Crippen LogP contribution in [0.5, 0.6) is 0 Å². The van der Waals surface area contributed by atoms with Crippen LogP contribution in [-0.4, -0.2) is 0 Å². The molecule has 127 valence electrons. The van der Waals surface area contributed by atoms with Crippen molar-refractivity contribution < 1.29 is 40.1 Å². The molecule has 0 saturated heterocycles. The van der Waals surface area contributed by atoms with Gasteiger partial charge in [-0.3, -0.25) is 0 Å². The summed E-state index contributed by atoms with van der Waals surface area (Å²) in [6.45, 7) is 4.64. The molecule has 0 amide bonds. The first-order valence-electron chi connectivity index (χ1n) is 6.22. The normalized spacial score (nSPS) is 18.4. The fraction of sp³-hybridized carbons (Fsp3) is 0.286. The molecule has 0 unspecified atom stereocenters. The fourth-order valence-electron chi connectivity index (χ4n) is 1.65. The van der Waals surface area contributed by atoms with E-state index < -0.39 is 7.81 Å². The first-order chi connectivity index (χ1) is 9.63. The zero-order valence-electron chi connectivity index (χ0n) is 11.8. The molecule has 0 atom stereocenters. The Balaban J connectivity index is 0.000000295. The van der Waals surface area contributed by atoms with Gasteiger partial charge < -0.3 is 0 Å². The average Bonchev–Trinajstić information content (AvgIpc) is 2.78. The Kier molecular flexibility index (Phi) is 4.99. The van der Waals surface area contributed by atoms with E-state index >= 15 is 0 Å². The second kappa shape index (κ2) is 5.70. The molecule has 8 heteroatoms. The van der Waals surface area contributed by atoms with E-state index in [0.29, 0.717) is 4.82 Å². The predicted molar refractivity (Wildman–Crippen MR) is 75.1 cm³/mol. The van der Waals surface area contributed by atoms with Crippen LogP contribution in [-0.2, 0) is 19.3 Å². The van der Waals surface area contributed by atoms with Crippen LogP contribution in [0.15, 0.2) is 54.6 Å². The topological polar surface area (TPSA) is 0 Å². The Bertz CT molecular complexity index is 536. The number of halogens is 6. The Labute approximate surface area is 131 Å². The number of rotatable bonds is 3. The molecule has 0 spiro atoms. The fourth-order valence-corrected chi connectivity index (χ4v) is 3.40. The Morgan fingerprint density at radius 1 is 0.864 bits per heavy atom. The number of hydrogen-bond acceptors (Lipinski definition) is 0. The molecule has 0 fully saturated rings. The van der Waals surface area contributed by atoms with Crippen LogP contribution in [0.1, 0.15) is 19.4 Å². The second-order valence-electron chi connectivity index (χ2n) is 5.07. The van der Waals surface area contributed by atoms with Crippen molar-refractivity contribution in [1.82, 2.24) is 0 Å². The van der Waals surface area contributed by atoms with Crippen LogP contribution in [0.4, 0.5) is 25.2 Å². The van der Waals surface area contributed by atoms with Crippen LogP contribution < -0.4 is 0 Å². The third kappa shape index (κ3) is 10.0. The maximum atomic E-state index is 9.87. The number of benzene rings is 1. The maximum absolute atomic E-state index is 10.7. The van der Waals surface area contributed by atoms with Gasteiger partial charge in [0.1, 0.15) is 0 Å². The van der Waals surface area contributed by atoms with E-state index in [4.69, 9.17) is 0 Å². The van der Waals surface area contributed by atoms with E-state index in [-0.39, 0.29) is 4.31 Å². The molecule has 0 aliphatic heterocycles. The van der Waals surface area contributed by atoms with Gasteiger partial charge >= 0.3 is 131 Å². The molecule has 1 aromatic rings. The van der Waals surface area contributed by atoms with E-state index in [1.54, 1.807) is 0 Å². The van der Waals surface area contributed by atoms with Crippen molar-refractivity contribution in [2.45, 2.75) is 23.0 Å². The summed E-state index contributed by atoms with van der Waals surface area (Å²) in [4.78, 5) is 0.611. The van der Waals surface area contributed by atoms with Gasteiger partial charge in [-0.25, -0.2) is 0 Å². The molecule has 1 aliphatic rings. The van der Waals surface area contributed by atoms with Crippen LogP contribution >= 0.6 is 7.81 Å². The molecule has 0 N–H and O–H groups in total. The minimum atomic E-state index is -10.7. The predicted octanol–water partition coefficient (Wildman–Crippen LogP) is 7.30. The summed E-state index contributed by atoms with van der Waals surface area (Å²) in [5, 5.41) is 0. The zero-order chi connectivity index (χ0) is 17.1. The third-order valence-corrected chi connectivity index (χ3v) is 4.43. The van der Waals surface area contributed by atoms with Gasteiger partial charge in [0.05, 0.1) is 0 Å². The van der Waals surface area contributed by atoms with Crippen molar-refractivity contribution in [2.24, 2.45) is 0 Å². The quantitative estimate of drug-likeness (QED) is 0.291. The first-order valence-corrected chi connectivity index (χ1v) is 9.44. The van der Waals surface area contributed by atoms with E-state index in [0.717, 1.165) is 0 Å². The van der Waals surface area contributed by atoms with Gasteiger partial charge in [-0.05, 0) is 0 Å². The molecule has 0 saturated carbocycles. The van der Waals surface area contributed by atoms with Crippen LogP contribution in [0.2, 0.25) is 4.82 Å². The van der Waals surface area contributed by atoms with Gasteiger partial charge in [0, 0.05) is 0 Å². The molecule has 0 bridgehead atoms. The molecule has 22 heavy (non-hydrogen) atoms. The third-order valence-electron chi connectivity index (χ3n) is 2.52.